The highest BCUT2D eigenvalue weighted by molar-refractivity contribution is 7.10. The lowest BCUT2D eigenvalue weighted by Gasteiger charge is -1.83. The lowest BCUT2D eigenvalue weighted by atomic mass is 10.4. The van der Waals surface area contributed by atoms with Crippen molar-refractivity contribution in [3.05, 3.63) is 46.0 Å². The Bertz CT molecular complexity index is 526. The van der Waals surface area contributed by atoms with Gasteiger partial charge in [0.15, 0.2) is 5.76 Å². The van der Waals surface area contributed by atoms with Crippen LogP contribution < -0.4 is 0 Å². The first kappa shape index (κ1) is 9.56. The van der Waals surface area contributed by atoms with Crippen LogP contribution >= 0.6 is 11.3 Å². The van der Waals surface area contributed by atoms with E-state index in [4.69, 9.17) is 9.52 Å². The van der Waals surface area contributed by atoms with Crippen molar-refractivity contribution in [1.29, 1.82) is 0 Å². The van der Waals surface area contributed by atoms with Crippen LogP contribution in [0.2, 0.25) is 0 Å². The highest BCUT2D eigenvalue weighted by atomic mass is 32.1. The number of thiophene rings is 1. The molecule has 0 aromatic carbocycles. The van der Waals surface area contributed by atoms with Crippen LogP contribution in [-0.2, 0) is 0 Å². The molecule has 15 heavy (non-hydrogen) atoms. The summed E-state index contributed by atoms with van der Waals surface area (Å²) in [6, 6.07) is 6.73. The van der Waals surface area contributed by atoms with Crippen LogP contribution in [0, 0.1) is 11.8 Å². The van der Waals surface area contributed by atoms with E-state index in [1.807, 2.05) is 17.5 Å². The van der Waals surface area contributed by atoms with E-state index in [9.17, 15) is 4.79 Å². The molecule has 0 saturated carbocycles. The minimum Gasteiger partial charge on any atom is -0.475 e. The predicted octanol–water partition coefficient (Wildman–Crippen LogP) is 2.44. The van der Waals surface area contributed by atoms with Crippen LogP contribution in [0.1, 0.15) is 21.2 Å². The Balaban J connectivity index is 2.21. The summed E-state index contributed by atoms with van der Waals surface area (Å²) in [5, 5.41) is 10.5. The minimum atomic E-state index is -1.08. The molecule has 0 radical (unpaired) electrons. The van der Waals surface area contributed by atoms with E-state index >= 15 is 0 Å². The average Bonchev–Trinajstić information content (AvgIpc) is 2.86. The number of hydrogen-bond donors (Lipinski definition) is 1. The molecular formula is C11H6O3S. The molecule has 2 rings (SSSR count). The summed E-state index contributed by atoms with van der Waals surface area (Å²) in [4.78, 5) is 11.4. The Kier molecular flexibility index (Phi) is 2.57. The van der Waals surface area contributed by atoms with Gasteiger partial charge in [0.25, 0.3) is 0 Å². The number of aromatic carboxylic acids is 1. The highest BCUT2D eigenvalue weighted by Gasteiger charge is 2.06. The molecule has 2 aromatic rings. The molecule has 0 amide bonds. The highest BCUT2D eigenvalue weighted by Crippen LogP contribution is 2.09. The van der Waals surface area contributed by atoms with Gasteiger partial charge in [0.1, 0.15) is 0 Å². The number of rotatable bonds is 1. The van der Waals surface area contributed by atoms with Crippen molar-refractivity contribution in [2.45, 2.75) is 0 Å². The summed E-state index contributed by atoms with van der Waals surface area (Å²) in [6.45, 7) is 0. The minimum absolute atomic E-state index is 0.0921. The molecule has 0 spiro atoms. The van der Waals surface area contributed by atoms with Crippen molar-refractivity contribution in [2.24, 2.45) is 0 Å². The van der Waals surface area contributed by atoms with E-state index in [0.717, 1.165) is 4.88 Å². The molecular weight excluding hydrogens is 212 g/mol. The van der Waals surface area contributed by atoms with Gasteiger partial charge in [-0.15, -0.1) is 11.3 Å². The third-order valence-electron chi connectivity index (χ3n) is 1.65. The number of carbonyl (C=O) groups is 1. The number of carboxylic acid groups (broad SMARTS) is 1. The van der Waals surface area contributed by atoms with Crippen LogP contribution in [0.4, 0.5) is 0 Å². The topological polar surface area (TPSA) is 50.4 Å². The zero-order valence-electron chi connectivity index (χ0n) is 7.56. The van der Waals surface area contributed by atoms with Crippen molar-refractivity contribution in [3.63, 3.8) is 0 Å². The van der Waals surface area contributed by atoms with Gasteiger partial charge in [-0.05, 0) is 35.4 Å². The molecule has 1 N–H and O–H groups in total. The Hall–Kier alpha value is -1.99. The Morgan fingerprint density at radius 1 is 1.33 bits per heavy atom. The Morgan fingerprint density at radius 2 is 2.20 bits per heavy atom. The Morgan fingerprint density at radius 3 is 2.80 bits per heavy atom. The first-order valence-electron chi connectivity index (χ1n) is 4.14. The normalized spacial score (nSPS) is 9.33. The van der Waals surface area contributed by atoms with Gasteiger partial charge in [-0.25, -0.2) is 4.79 Å². The summed E-state index contributed by atoms with van der Waals surface area (Å²) in [5.41, 5.74) is 0. The monoisotopic (exact) mass is 218 g/mol. The second-order valence-corrected chi connectivity index (χ2v) is 3.64. The molecule has 0 aliphatic carbocycles. The zero-order valence-corrected chi connectivity index (χ0v) is 8.38. The molecule has 0 fully saturated rings. The van der Waals surface area contributed by atoms with Gasteiger partial charge >= 0.3 is 5.97 Å². The van der Waals surface area contributed by atoms with E-state index in [2.05, 4.69) is 11.8 Å². The maximum atomic E-state index is 10.5. The Labute approximate surface area is 90.0 Å². The second kappa shape index (κ2) is 4.03. The molecule has 74 valence electrons. The summed E-state index contributed by atoms with van der Waals surface area (Å²) >= 11 is 1.52. The first-order chi connectivity index (χ1) is 7.25. The predicted molar refractivity (Wildman–Crippen MR) is 56.0 cm³/mol. The number of hydrogen-bond acceptors (Lipinski definition) is 3. The SMILES string of the molecule is O=C(O)c1ccc(C#Cc2cccs2)o1. The third-order valence-corrected chi connectivity index (χ3v) is 2.43. The van der Waals surface area contributed by atoms with Gasteiger partial charge in [-0.2, -0.15) is 0 Å². The van der Waals surface area contributed by atoms with Crippen LogP contribution in [0.3, 0.4) is 0 Å². The zero-order chi connectivity index (χ0) is 10.7. The van der Waals surface area contributed by atoms with E-state index in [1.165, 1.54) is 17.4 Å². The van der Waals surface area contributed by atoms with Crippen LogP contribution in [-0.4, -0.2) is 11.1 Å². The lowest BCUT2D eigenvalue weighted by Crippen LogP contribution is -1.91. The maximum absolute atomic E-state index is 10.5. The van der Waals surface area contributed by atoms with E-state index in [-0.39, 0.29) is 5.76 Å². The molecule has 0 bridgehead atoms. The standard InChI is InChI=1S/C11H6O3S/c12-11(13)10-6-4-8(14-10)3-5-9-2-1-7-15-9/h1-2,4,6-7H,(H,12,13). The lowest BCUT2D eigenvalue weighted by molar-refractivity contribution is 0.0662. The number of carboxylic acids is 1. The van der Waals surface area contributed by atoms with Gasteiger partial charge in [0.05, 0.1) is 4.88 Å². The van der Waals surface area contributed by atoms with Crippen molar-refractivity contribution in [1.82, 2.24) is 0 Å². The fourth-order valence-electron chi connectivity index (χ4n) is 0.993. The van der Waals surface area contributed by atoms with Crippen LogP contribution in [0.5, 0.6) is 0 Å². The van der Waals surface area contributed by atoms with Gasteiger partial charge in [0, 0.05) is 0 Å². The second-order valence-electron chi connectivity index (χ2n) is 2.70. The van der Waals surface area contributed by atoms with Gasteiger partial charge in [0.2, 0.25) is 5.76 Å². The van der Waals surface area contributed by atoms with E-state index in [1.54, 1.807) is 6.07 Å². The molecule has 0 saturated heterocycles. The van der Waals surface area contributed by atoms with Crippen LogP contribution in [0.15, 0.2) is 34.1 Å². The van der Waals surface area contributed by atoms with Crippen molar-refractivity contribution >= 4 is 17.3 Å². The smallest absolute Gasteiger partial charge is 0.371 e. The molecule has 2 heterocycles. The fraction of sp³-hybridized carbons (Fsp3) is 0. The van der Waals surface area contributed by atoms with Crippen molar-refractivity contribution in [3.8, 4) is 11.8 Å². The number of furan rings is 1. The third kappa shape index (κ3) is 2.27. The fourth-order valence-corrected chi connectivity index (χ4v) is 1.56. The van der Waals surface area contributed by atoms with Gasteiger partial charge < -0.3 is 9.52 Å². The molecule has 0 aliphatic rings. The van der Waals surface area contributed by atoms with E-state index in [0.29, 0.717) is 5.76 Å². The molecule has 3 nitrogen and oxygen atoms in total. The summed E-state index contributed by atoms with van der Waals surface area (Å²) in [7, 11) is 0. The molecule has 0 unspecified atom stereocenters. The van der Waals surface area contributed by atoms with Gasteiger partial charge in [-0.1, -0.05) is 6.07 Å². The molecule has 0 atom stereocenters. The summed E-state index contributed by atoms with van der Waals surface area (Å²) in [5.74, 6) is 4.81. The maximum Gasteiger partial charge on any atom is 0.371 e. The first-order valence-corrected chi connectivity index (χ1v) is 5.02. The molecule has 4 heteroatoms. The van der Waals surface area contributed by atoms with E-state index < -0.39 is 5.97 Å². The van der Waals surface area contributed by atoms with Crippen LogP contribution in [0.25, 0.3) is 0 Å². The van der Waals surface area contributed by atoms with Crippen molar-refractivity contribution in [2.75, 3.05) is 0 Å². The molecule has 2 aromatic heterocycles. The largest absolute Gasteiger partial charge is 0.475 e. The summed E-state index contributed by atoms with van der Waals surface area (Å²) in [6.07, 6.45) is 0. The summed E-state index contributed by atoms with van der Waals surface area (Å²) < 4.78 is 4.97. The quantitative estimate of drug-likeness (QED) is 0.748. The molecule has 0 aliphatic heterocycles. The van der Waals surface area contributed by atoms with Gasteiger partial charge in [-0.3, -0.25) is 0 Å². The van der Waals surface area contributed by atoms with Crippen molar-refractivity contribution < 1.29 is 14.3 Å². The average molecular weight is 218 g/mol.